The van der Waals surface area contributed by atoms with Crippen molar-refractivity contribution in [3.63, 3.8) is 0 Å². The van der Waals surface area contributed by atoms with E-state index >= 15 is 0 Å². The molecule has 0 unspecified atom stereocenters. The Morgan fingerprint density at radius 1 is 1.03 bits per heavy atom. The molecule has 0 aliphatic carbocycles. The second-order valence-electron chi connectivity index (χ2n) is 8.57. The van der Waals surface area contributed by atoms with E-state index in [1.165, 1.54) is 11.1 Å². The molecule has 0 bridgehead atoms. The van der Waals surface area contributed by atoms with Crippen LogP contribution in [0.1, 0.15) is 36.3 Å². The zero-order valence-corrected chi connectivity index (χ0v) is 18.8. The van der Waals surface area contributed by atoms with Gasteiger partial charge in [-0.15, -0.1) is 10.2 Å². The van der Waals surface area contributed by atoms with Crippen molar-refractivity contribution in [3.05, 3.63) is 69.9 Å². The number of benzene rings is 2. The number of nitrogens with zero attached hydrogens (tertiary/aromatic N) is 5. The molecule has 0 radical (unpaired) electrons. The molecular formula is C25H26N6O2. The van der Waals surface area contributed by atoms with Gasteiger partial charge in [0, 0.05) is 29.6 Å². The predicted octanol–water partition coefficient (Wildman–Crippen LogP) is 3.64. The number of carbonyl (C=O) groups is 1. The SMILES string of the molecule is Cc1ccc(-c2nnc3n2CCCCC3)cc1NC(=O)Cn1nc(C)c2ccccc2c1=O. The minimum Gasteiger partial charge on any atom is -0.324 e. The van der Waals surface area contributed by atoms with Crippen LogP contribution in [0.25, 0.3) is 22.2 Å². The normalized spacial score (nSPS) is 13.5. The van der Waals surface area contributed by atoms with Crippen molar-refractivity contribution in [2.45, 2.75) is 52.6 Å². The predicted molar refractivity (Wildman–Crippen MR) is 127 cm³/mol. The molecule has 0 saturated heterocycles. The number of nitrogens with one attached hydrogen (secondary N) is 1. The summed E-state index contributed by atoms with van der Waals surface area (Å²) in [5.41, 5.74) is 2.96. The molecule has 2 aromatic heterocycles. The first-order chi connectivity index (χ1) is 16.0. The molecule has 4 aromatic rings. The van der Waals surface area contributed by atoms with E-state index in [9.17, 15) is 9.59 Å². The maximum Gasteiger partial charge on any atom is 0.275 e. The molecule has 0 fully saturated rings. The monoisotopic (exact) mass is 442 g/mol. The molecule has 5 rings (SSSR count). The van der Waals surface area contributed by atoms with Crippen LogP contribution in [-0.4, -0.2) is 30.5 Å². The van der Waals surface area contributed by atoms with E-state index in [0.717, 1.165) is 54.0 Å². The van der Waals surface area contributed by atoms with Crippen LogP contribution in [-0.2, 0) is 24.3 Å². The van der Waals surface area contributed by atoms with Crippen molar-refractivity contribution in [1.29, 1.82) is 0 Å². The Bertz CT molecular complexity index is 1420. The minimum absolute atomic E-state index is 0.158. The zero-order valence-electron chi connectivity index (χ0n) is 18.8. The smallest absolute Gasteiger partial charge is 0.275 e. The number of carbonyl (C=O) groups excluding carboxylic acids is 1. The van der Waals surface area contributed by atoms with Crippen molar-refractivity contribution in [2.24, 2.45) is 0 Å². The molecule has 1 amide bonds. The van der Waals surface area contributed by atoms with E-state index in [4.69, 9.17) is 0 Å². The first-order valence-corrected chi connectivity index (χ1v) is 11.3. The summed E-state index contributed by atoms with van der Waals surface area (Å²) < 4.78 is 3.41. The fourth-order valence-electron chi connectivity index (χ4n) is 4.43. The quantitative estimate of drug-likeness (QED) is 0.521. The van der Waals surface area contributed by atoms with Crippen LogP contribution >= 0.6 is 0 Å². The molecule has 168 valence electrons. The van der Waals surface area contributed by atoms with Gasteiger partial charge in [-0.05, 0) is 44.4 Å². The molecule has 8 heteroatoms. The van der Waals surface area contributed by atoms with Gasteiger partial charge in [-0.25, -0.2) is 4.68 Å². The van der Waals surface area contributed by atoms with Gasteiger partial charge >= 0.3 is 0 Å². The van der Waals surface area contributed by atoms with Gasteiger partial charge < -0.3 is 9.88 Å². The molecule has 33 heavy (non-hydrogen) atoms. The molecule has 1 aliphatic rings. The Balaban J connectivity index is 1.41. The molecular weight excluding hydrogens is 416 g/mol. The van der Waals surface area contributed by atoms with Gasteiger partial charge in [0.2, 0.25) is 5.91 Å². The van der Waals surface area contributed by atoms with Crippen LogP contribution in [0.5, 0.6) is 0 Å². The summed E-state index contributed by atoms with van der Waals surface area (Å²) in [7, 11) is 0. The number of anilines is 1. The Labute approximate surface area is 191 Å². The van der Waals surface area contributed by atoms with Crippen LogP contribution < -0.4 is 10.9 Å². The lowest BCUT2D eigenvalue weighted by molar-refractivity contribution is -0.117. The van der Waals surface area contributed by atoms with E-state index in [2.05, 4.69) is 25.2 Å². The number of hydrogen-bond acceptors (Lipinski definition) is 5. The summed E-state index contributed by atoms with van der Waals surface area (Å²) >= 11 is 0. The van der Waals surface area contributed by atoms with Crippen molar-refractivity contribution in [1.82, 2.24) is 24.5 Å². The topological polar surface area (TPSA) is 94.7 Å². The number of aromatic nitrogens is 5. The van der Waals surface area contributed by atoms with Crippen LogP contribution in [0.2, 0.25) is 0 Å². The fraction of sp³-hybridized carbons (Fsp3) is 0.320. The lowest BCUT2D eigenvalue weighted by Gasteiger charge is -2.13. The molecule has 0 atom stereocenters. The third-order valence-corrected chi connectivity index (χ3v) is 6.23. The van der Waals surface area contributed by atoms with E-state index in [-0.39, 0.29) is 18.0 Å². The Kier molecular flexibility index (Phi) is 5.50. The second kappa shape index (κ2) is 8.61. The summed E-state index contributed by atoms with van der Waals surface area (Å²) in [6.07, 6.45) is 4.38. The number of hydrogen-bond donors (Lipinski definition) is 1. The standard InChI is InChI=1S/C25H26N6O2/c1-16-11-12-18(24-28-27-22-10-4-3-7-13-30(22)24)14-21(16)26-23(32)15-31-25(33)20-9-6-5-8-19(20)17(2)29-31/h5-6,8-9,11-12,14H,3-4,7,10,13,15H2,1-2H3,(H,26,32). The lowest BCUT2D eigenvalue weighted by atomic mass is 10.1. The maximum atomic E-state index is 12.9. The van der Waals surface area contributed by atoms with Crippen LogP contribution in [0.3, 0.4) is 0 Å². The number of aryl methyl sites for hydroxylation is 3. The van der Waals surface area contributed by atoms with Gasteiger partial charge in [0.25, 0.3) is 5.56 Å². The average molecular weight is 443 g/mol. The number of rotatable bonds is 4. The minimum atomic E-state index is -0.306. The summed E-state index contributed by atoms with van der Waals surface area (Å²) in [6, 6.07) is 13.2. The summed E-state index contributed by atoms with van der Waals surface area (Å²) in [4.78, 5) is 25.7. The third kappa shape index (κ3) is 4.04. The molecule has 0 spiro atoms. The number of amides is 1. The fourth-order valence-corrected chi connectivity index (χ4v) is 4.43. The number of fused-ring (bicyclic) bond motifs is 2. The molecule has 8 nitrogen and oxygen atoms in total. The van der Waals surface area contributed by atoms with E-state index in [1.807, 2.05) is 50.2 Å². The highest BCUT2D eigenvalue weighted by atomic mass is 16.2. The third-order valence-electron chi connectivity index (χ3n) is 6.23. The van der Waals surface area contributed by atoms with Gasteiger partial charge in [0.1, 0.15) is 12.4 Å². The van der Waals surface area contributed by atoms with Crippen LogP contribution in [0, 0.1) is 13.8 Å². The largest absolute Gasteiger partial charge is 0.324 e. The molecule has 2 aromatic carbocycles. The van der Waals surface area contributed by atoms with Gasteiger partial charge in [-0.2, -0.15) is 5.10 Å². The van der Waals surface area contributed by atoms with E-state index in [1.54, 1.807) is 6.07 Å². The molecule has 1 aliphatic heterocycles. The van der Waals surface area contributed by atoms with Crippen molar-refractivity contribution >= 4 is 22.4 Å². The summed E-state index contributed by atoms with van der Waals surface area (Å²) in [5, 5.41) is 17.5. The van der Waals surface area contributed by atoms with Crippen LogP contribution in [0.15, 0.2) is 47.3 Å². The highest BCUT2D eigenvalue weighted by Gasteiger charge is 2.17. The Hall–Kier alpha value is -3.81. The van der Waals surface area contributed by atoms with Gasteiger partial charge in [0.05, 0.1) is 11.1 Å². The van der Waals surface area contributed by atoms with Gasteiger partial charge in [-0.3, -0.25) is 9.59 Å². The van der Waals surface area contributed by atoms with Crippen molar-refractivity contribution in [3.8, 4) is 11.4 Å². The summed E-state index contributed by atoms with van der Waals surface area (Å²) in [5.74, 6) is 1.54. The highest BCUT2D eigenvalue weighted by Crippen LogP contribution is 2.27. The average Bonchev–Trinajstić information content (AvgIpc) is 3.06. The van der Waals surface area contributed by atoms with E-state index < -0.39 is 0 Å². The Morgan fingerprint density at radius 3 is 2.70 bits per heavy atom. The Morgan fingerprint density at radius 2 is 1.85 bits per heavy atom. The van der Waals surface area contributed by atoms with Gasteiger partial charge in [-0.1, -0.05) is 36.8 Å². The molecule has 3 heterocycles. The lowest BCUT2D eigenvalue weighted by Crippen LogP contribution is -2.30. The molecule has 0 saturated carbocycles. The van der Waals surface area contributed by atoms with E-state index in [0.29, 0.717) is 16.8 Å². The first kappa shape index (κ1) is 21.1. The second-order valence-corrected chi connectivity index (χ2v) is 8.57. The van der Waals surface area contributed by atoms with Crippen molar-refractivity contribution in [2.75, 3.05) is 5.32 Å². The van der Waals surface area contributed by atoms with Crippen LogP contribution in [0.4, 0.5) is 5.69 Å². The first-order valence-electron chi connectivity index (χ1n) is 11.3. The summed E-state index contributed by atoms with van der Waals surface area (Å²) in [6.45, 7) is 4.53. The maximum absolute atomic E-state index is 12.9. The highest BCUT2D eigenvalue weighted by molar-refractivity contribution is 5.92. The molecule has 1 N–H and O–H groups in total. The zero-order chi connectivity index (χ0) is 22.9. The van der Waals surface area contributed by atoms with Gasteiger partial charge in [0.15, 0.2) is 5.82 Å². The van der Waals surface area contributed by atoms with Crippen molar-refractivity contribution < 1.29 is 4.79 Å².